The minimum atomic E-state index is -1.69. The number of hydrogen-bond donors (Lipinski definition) is 2. The van der Waals surface area contributed by atoms with Gasteiger partial charge in [-0.25, -0.2) is 0 Å². The van der Waals surface area contributed by atoms with Gasteiger partial charge in [0, 0.05) is 51.1 Å². The summed E-state index contributed by atoms with van der Waals surface area (Å²) >= 11 is 0. The van der Waals surface area contributed by atoms with E-state index in [1.165, 1.54) is 0 Å². The lowest BCUT2D eigenvalue weighted by atomic mass is 10.3. The summed E-state index contributed by atoms with van der Waals surface area (Å²) in [6.07, 6.45) is 0.386. The summed E-state index contributed by atoms with van der Waals surface area (Å²) in [5.41, 5.74) is 2.01. The molecule has 0 saturated heterocycles. The zero-order valence-corrected chi connectivity index (χ0v) is 17.3. The third-order valence-electron chi connectivity index (χ3n) is 4.32. The molecule has 0 aliphatic rings. The molecule has 0 amide bonds. The Morgan fingerprint density at radius 2 is 1.38 bits per heavy atom. The molecule has 0 bridgehead atoms. The van der Waals surface area contributed by atoms with E-state index in [1.54, 1.807) is 7.11 Å². The van der Waals surface area contributed by atoms with Crippen LogP contribution in [0.15, 0.2) is 48.5 Å². The van der Waals surface area contributed by atoms with Crippen LogP contribution in [0.25, 0.3) is 0 Å². The standard InChI is InChI=1S/C20H30N2O3Si/c1-21-16-8-6-10-18(14-16)24-20(12-13-26(4,5)23-3)25-19-11-7-9-17(15-19)22-2/h6-11,14-15,20-22H,12-13H2,1-5H3. The highest BCUT2D eigenvalue weighted by atomic mass is 28.4. The second-order valence-electron chi connectivity index (χ2n) is 6.72. The molecule has 2 rings (SSSR count). The lowest BCUT2D eigenvalue weighted by Gasteiger charge is -2.25. The van der Waals surface area contributed by atoms with Crippen molar-refractivity contribution in [2.45, 2.75) is 31.8 Å². The molecule has 0 heterocycles. The van der Waals surface area contributed by atoms with Crippen LogP contribution in [0.5, 0.6) is 11.5 Å². The van der Waals surface area contributed by atoms with Crippen molar-refractivity contribution in [3.05, 3.63) is 48.5 Å². The van der Waals surface area contributed by atoms with Crippen LogP contribution in [0.2, 0.25) is 19.1 Å². The van der Waals surface area contributed by atoms with E-state index in [1.807, 2.05) is 62.6 Å². The van der Waals surface area contributed by atoms with Crippen LogP contribution in [0.4, 0.5) is 11.4 Å². The van der Waals surface area contributed by atoms with Gasteiger partial charge in [0.1, 0.15) is 11.5 Å². The summed E-state index contributed by atoms with van der Waals surface area (Å²) in [4.78, 5) is 0. The summed E-state index contributed by atoms with van der Waals surface area (Å²) < 4.78 is 18.0. The number of hydrogen-bond acceptors (Lipinski definition) is 5. The number of rotatable bonds is 10. The van der Waals surface area contributed by atoms with Crippen molar-refractivity contribution in [3.8, 4) is 11.5 Å². The zero-order chi connectivity index (χ0) is 19.0. The Morgan fingerprint density at radius 1 is 0.885 bits per heavy atom. The van der Waals surface area contributed by atoms with Gasteiger partial charge in [-0.15, -0.1) is 0 Å². The maximum atomic E-state index is 6.16. The first-order valence-corrected chi connectivity index (χ1v) is 12.0. The molecule has 5 nitrogen and oxygen atoms in total. The first kappa shape index (κ1) is 20.1. The Bertz CT molecular complexity index is 645. The van der Waals surface area contributed by atoms with Gasteiger partial charge < -0.3 is 24.5 Å². The van der Waals surface area contributed by atoms with Crippen molar-refractivity contribution in [2.24, 2.45) is 0 Å². The van der Waals surface area contributed by atoms with Crippen molar-refractivity contribution < 1.29 is 13.9 Å². The van der Waals surface area contributed by atoms with Crippen LogP contribution in [-0.4, -0.2) is 35.8 Å². The molecule has 0 unspecified atom stereocenters. The molecule has 0 atom stereocenters. The maximum Gasteiger partial charge on any atom is 0.240 e. The predicted molar refractivity (Wildman–Crippen MR) is 111 cm³/mol. The van der Waals surface area contributed by atoms with Crippen molar-refractivity contribution in [2.75, 3.05) is 31.8 Å². The molecule has 2 aromatic rings. The average molecular weight is 375 g/mol. The van der Waals surface area contributed by atoms with Crippen LogP contribution in [0.3, 0.4) is 0 Å². The largest absolute Gasteiger partial charge is 0.455 e. The van der Waals surface area contributed by atoms with Gasteiger partial charge in [-0.2, -0.15) is 0 Å². The van der Waals surface area contributed by atoms with E-state index in [9.17, 15) is 0 Å². The predicted octanol–water partition coefficient (Wildman–Crippen LogP) is 4.80. The van der Waals surface area contributed by atoms with Crippen molar-refractivity contribution in [1.82, 2.24) is 0 Å². The minimum Gasteiger partial charge on any atom is -0.455 e. The Labute approximate surface area is 157 Å². The fourth-order valence-corrected chi connectivity index (χ4v) is 3.60. The van der Waals surface area contributed by atoms with Gasteiger partial charge in [0.25, 0.3) is 0 Å². The molecule has 2 N–H and O–H groups in total. The lowest BCUT2D eigenvalue weighted by Crippen LogP contribution is -2.33. The monoisotopic (exact) mass is 374 g/mol. The minimum absolute atomic E-state index is 0.379. The second kappa shape index (κ2) is 9.50. The van der Waals surface area contributed by atoms with Crippen molar-refractivity contribution in [1.29, 1.82) is 0 Å². The molecule has 0 fully saturated rings. The molecule has 0 saturated carbocycles. The number of ether oxygens (including phenoxy) is 2. The third kappa shape index (κ3) is 6.27. The molecule has 0 aliphatic heterocycles. The fourth-order valence-electron chi connectivity index (χ4n) is 2.46. The normalized spacial score (nSPS) is 11.3. The molecule has 2 aromatic carbocycles. The van der Waals surface area contributed by atoms with Crippen molar-refractivity contribution in [3.63, 3.8) is 0 Å². The molecule has 26 heavy (non-hydrogen) atoms. The van der Waals surface area contributed by atoms with Gasteiger partial charge in [0.05, 0.1) is 0 Å². The molecular weight excluding hydrogens is 344 g/mol. The molecule has 0 aromatic heterocycles. The van der Waals surface area contributed by atoms with Gasteiger partial charge >= 0.3 is 0 Å². The highest BCUT2D eigenvalue weighted by molar-refractivity contribution is 6.71. The van der Waals surface area contributed by atoms with Gasteiger partial charge in [0.2, 0.25) is 6.29 Å². The van der Waals surface area contributed by atoms with Gasteiger partial charge in [-0.1, -0.05) is 12.1 Å². The van der Waals surface area contributed by atoms with Gasteiger partial charge in [-0.05, 0) is 43.4 Å². The Hall–Kier alpha value is -2.18. The summed E-state index contributed by atoms with van der Waals surface area (Å²) in [5.74, 6) is 1.56. The Kier molecular flexibility index (Phi) is 7.35. The van der Waals surface area contributed by atoms with E-state index in [0.29, 0.717) is 0 Å². The summed E-state index contributed by atoms with van der Waals surface area (Å²) in [7, 11) is 3.88. The highest BCUT2D eigenvalue weighted by Gasteiger charge is 2.24. The van der Waals surface area contributed by atoms with E-state index >= 15 is 0 Å². The molecule has 0 radical (unpaired) electrons. The van der Waals surface area contributed by atoms with Crippen LogP contribution in [0.1, 0.15) is 6.42 Å². The van der Waals surface area contributed by atoms with E-state index < -0.39 is 8.32 Å². The van der Waals surface area contributed by atoms with Crippen LogP contribution in [-0.2, 0) is 4.43 Å². The first-order valence-electron chi connectivity index (χ1n) is 8.90. The molecule has 0 spiro atoms. The SMILES string of the molecule is CNc1cccc(OC(CC[Si](C)(C)OC)Oc2cccc(NC)c2)c1. The molecule has 0 aliphatic carbocycles. The molecule has 142 valence electrons. The topological polar surface area (TPSA) is 51.8 Å². The van der Waals surface area contributed by atoms with Gasteiger partial charge in [0.15, 0.2) is 8.32 Å². The summed E-state index contributed by atoms with van der Waals surface area (Å²) in [5, 5.41) is 6.26. The average Bonchev–Trinajstić information content (AvgIpc) is 2.66. The van der Waals surface area contributed by atoms with E-state index in [-0.39, 0.29) is 6.29 Å². The molecule has 6 heteroatoms. The van der Waals surface area contributed by atoms with Crippen LogP contribution >= 0.6 is 0 Å². The maximum absolute atomic E-state index is 6.16. The van der Waals surface area contributed by atoms with Crippen LogP contribution < -0.4 is 20.1 Å². The number of benzene rings is 2. The lowest BCUT2D eigenvalue weighted by molar-refractivity contribution is 0.00258. The summed E-state index contributed by atoms with van der Waals surface area (Å²) in [6.45, 7) is 4.40. The number of anilines is 2. The Morgan fingerprint density at radius 3 is 1.81 bits per heavy atom. The zero-order valence-electron chi connectivity index (χ0n) is 16.3. The van der Waals surface area contributed by atoms with E-state index in [4.69, 9.17) is 13.9 Å². The second-order valence-corrected chi connectivity index (χ2v) is 11.2. The quantitative estimate of drug-likeness (QED) is 0.462. The number of nitrogens with one attached hydrogen (secondary N) is 2. The first-order chi connectivity index (χ1) is 12.5. The van der Waals surface area contributed by atoms with Gasteiger partial charge in [-0.3, -0.25) is 0 Å². The van der Waals surface area contributed by atoms with Crippen molar-refractivity contribution >= 4 is 19.7 Å². The van der Waals surface area contributed by atoms with Crippen LogP contribution in [0, 0.1) is 0 Å². The van der Waals surface area contributed by atoms with E-state index in [0.717, 1.165) is 35.3 Å². The highest BCUT2D eigenvalue weighted by Crippen LogP contribution is 2.25. The summed E-state index contributed by atoms with van der Waals surface area (Å²) in [6, 6.07) is 16.7. The fraction of sp³-hybridized carbons (Fsp3) is 0.400. The van der Waals surface area contributed by atoms with E-state index in [2.05, 4.69) is 23.7 Å². The third-order valence-corrected chi connectivity index (χ3v) is 6.91. The smallest absolute Gasteiger partial charge is 0.240 e. The molecular formula is C20H30N2O3Si. The Balaban J connectivity index is 2.14.